The molecule has 0 saturated carbocycles. The Labute approximate surface area is 161 Å². The molecule has 0 radical (unpaired) electrons. The first-order valence-electron chi connectivity index (χ1n) is 9.26. The van der Waals surface area contributed by atoms with Crippen molar-refractivity contribution in [2.24, 2.45) is 0 Å². The summed E-state index contributed by atoms with van der Waals surface area (Å²) in [6, 6.07) is 12.8. The van der Waals surface area contributed by atoms with Crippen LogP contribution in [0.25, 0.3) is 27.7 Å². The fourth-order valence-corrected chi connectivity index (χ4v) is 3.51. The Bertz CT molecular complexity index is 1250. The number of nitrogens with zero attached hydrogens (tertiary/aromatic N) is 5. The first kappa shape index (κ1) is 16.6. The van der Waals surface area contributed by atoms with Gasteiger partial charge in [-0.3, -0.25) is 4.40 Å². The number of fused-ring (bicyclic) bond motifs is 2. The van der Waals surface area contributed by atoms with E-state index in [4.69, 9.17) is 4.42 Å². The number of anilines is 1. The Balaban J connectivity index is 1.53. The molecule has 0 aliphatic rings. The van der Waals surface area contributed by atoms with E-state index >= 15 is 0 Å². The largest absolute Gasteiger partial charge is 0.467 e. The summed E-state index contributed by atoms with van der Waals surface area (Å²) in [5, 5.41) is 12.9. The molecule has 4 aromatic heterocycles. The van der Waals surface area contributed by atoms with Crippen LogP contribution >= 0.6 is 0 Å². The van der Waals surface area contributed by atoms with E-state index in [1.54, 1.807) is 12.6 Å². The molecule has 0 spiro atoms. The van der Waals surface area contributed by atoms with Crippen molar-refractivity contribution in [2.75, 3.05) is 5.32 Å². The Morgan fingerprint density at radius 3 is 2.93 bits per heavy atom. The number of nitrogens with one attached hydrogen (secondary N) is 1. The Hall–Kier alpha value is -3.61. The van der Waals surface area contributed by atoms with Crippen LogP contribution in [0.4, 0.5) is 5.95 Å². The van der Waals surface area contributed by atoms with Gasteiger partial charge in [0.15, 0.2) is 5.65 Å². The molecular weight excluding hydrogens is 352 g/mol. The van der Waals surface area contributed by atoms with Crippen molar-refractivity contribution >= 4 is 22.5 Å². The molecule has 5 rings (SSSR count). The molecule has 1 aromatic carbocycles. The van der Waals surface area contributed by atoms with Crippen LogP contribution in [-0.4, -0.2) is 24.1 Å². The van der Waals surface area contributed by atoms with Gasteiger partial charge >= 0.3 is 0 Å². The van der Waals surface area contributed by atoms with Crippen LogP contribution in [0.5, 0.6) is 0 Å². The van der Waals surface area contributed by atoms with E-state index in [1.165, 1.54) is 10.9 Å². The number of hydrogen-bond acceptors (Lipinski definition) is 5. The van der Waals surface area contributed by atoms with Crippen LogP contribution in [0.3, 0.4) is 0 Å². The van der Waals surface area contributed by atoms with Crippen LogP contribution in [0, 0.1) is 0 Å². The molecule has 4 heterocycles. The molecule has 140 valence electrons. The molecule has 0 bridgehead atoms. The predicted octanol–water partition coefficient (Wildman–Crippen LogP) is 4.53. The molecular formula is C21H20N6O. The summed E-state index contributed by atoms with van der Waals surface area (Å²) >= 11 is 0. The average molecular weight is 372 g/mol. The lowest BCUT2D eigenvalue weighted by Gasteiger charge is -2.11. The van der Waals surface area contributed by atoms with Gasteiger partial charge in [-0.2, -0.15) is 0 Å². The summed E-state index contributed by atoms with van der Waals surface area (Å²) in [5.41, 5.74) is 4.00. The lowest BCUT2D eigenvalue weighted by Crippen LogP contribution is -2.06. The summed E-state index contributed by atoms with van der Waals surface area (Å²) in [4.78, 5) is 4.59. The highest BCUT2D eigenvalue weighted by atomic mass is 16.3. The third-order valence-electron chi connectivity index (χ3n) is 4.92. The molecule has 0 fully saturated rings. The molecule has 0 aliphatic heterocycles. The van der Waals surface area contributed by atoms with Gasteiger partial charge in [-0.05, 0) is 49.7 Å². The van der Waals surface area contributed by atoms with Gasteiger partial charge in [0.1, 0.15) is 12.1 Å². The molecule has 7 heteroatoms. The maximum absolute atomic E-state index is 5.37. The van der Waals surface area contributed by atoms with Gasteiger partial charge in [0, 0.05) is 34.9 Å². The second kappa shape index (κ2) is 6.53. The summed E-state index contributed by atoms with van der Waals surface area (Å²) in [6.07, 6.45) is 7.30. The van der Waals surface area contributed by atoms with Gasteiger partial charge in [0.2, 0.25) is 5.95 Å². The number of rotatable bonds is 5. The number of benzene rings is 1. The fourth-order valence-electron chi connectivity index (χ4n) is 3.51. The van der Waals surface area contributed by atoms with Crippen molar-refractivity contribution in [1.29, 1.82) is 0 Å². The van der Waals surface area contributed by atoms with E-state index < -0.39 is 0 Å². The highest BCUT2D eigenvalue weighted by Gasteiger charge is 2.13. The topological polar surface area (TPSA) is 73.2 Å². The molecule has 28 heavy (non-hydrogen) atoms. The summed E-state index contributed by atoms with van der Waals surface area (Å²) in [7, 11) is 0. The van der Waals surface area contributed by atoms with E-state index in [2.05, 4.69) is 69.4 Å². The van der Waals surface area contributed by atoms with Gasteiger partial charge in [-0.25, -0.2) is 4.98 Å². The van der Waals surface area contributed by atoms with Crippen LogP contribution in [0.15, 0.2) is 65.8 Å². The quantitative estimate of drug-likeness (QED) is 0.491. The van der Waals surface area contributed by atoms with Crippen LogP contribution in [0.2, 0.25) is 0 Å². The number of furan rings is 1. The van der Waals surface area contributed by atoms with Gasteiger partial charge in [-0.1, -0.05) is 6.07 Å². The summed E-state index contributed by atoms with van der Waals surface area (Å²) in [5.74, 6) is 1.51. The molecule has 0 atom stereocenters. The number of aromatic nitrogens is 5. The van der Waals surface area contributed by atoms with Crippen molar-refractivity contribution in [3.63, 3.8) is 0 Å². The first-order chi connectivity index (χ1) is 13.7. The zero-order valence-electron chi connectivity index (χ0n) is 15.7. The van der Waals surface area contributed by atoms with E-state index in [1.807, 2.05) is 22.7 Å². The van der Waals surface area contributed by atoms with Crippen LogP contribution in [0.1, 0.15) is 25.6 Å². The van der Waals surface area contributed by atoms with E-state index in [9.17, 15) is 0 Å². The minimum absolute atomic E-state index is 0.424. The standard InChI is InChI=1S/C21H20N6O/c1-14(2)26-8-7-16-10-15(5-6-19(16)26)18-12-23-21(27-13-24-25-20(18)27)22-11-17-4-3-9-28-17/h3-10,12-14H,11H2,1-2H3,(H,22,23). The van der Waals surface area contributed by atoms with Gasteiger partial charge < -0.3 is 14.3 Å². The van der Waals surface area contributed by atoms with Crippen molar-refractivity contribution in [3.8, 4) is 11.1 Å². The predicted molar refractivity (Wildman–Crippen MR) is 108 cm³/mol. The van der Waals surface area contributed by atoms with Crippen molar-refractivity contribution in [2.45, 2.75) is 26.4 Å². The highest BCUT2D eigenvalue weighted by molar-refractivity contribution is 5.88. The smallest absolute Gasteiger partial charge is 0.210 e. The monoisotopic (exact) mass is 372 g/mol. The first-order valence-corrected chi connectivity index (χ1v) is 9.26. The van der Waals surface area contributed by atoms with Crippen LogP contribution < -0.4 is 5.32 Å². The molecule has 1 N–H and O–H groups in total. The molecule has 7 nitrogen and oxygen atoms in total. The third-order valence-corrected chi connectivity index (χ3v) is 4.92. The van der Waals surface area contributed by atoms with Gasteiger partial charge in [-0.15, -0.1) is 10.2 Å². The Kier molecular flexibility index (Phi) is 3.86. The van der Waals surface area contributed by atoms with Gasteiger partial charge in [0.05, 0.1) is 12.8 Å². The molecule has 0 aliphatic carbocycles. The summed E-state index contributed by atoms with van der Waals surface area (Å²) in [6.45, 7) is 4.91. The second-order valence-corrected chi connectivity index (χ2v) is 7.04. The molecule has 0 unspecified atom stereocenters. The summed E-state index contributed by atoms with van der Waals surface area (Å²) < 4.78 is 9.50. The fraction of sp³-hybridized carbons (Fsp3) is 0.190. The minimum atomic E-state index is 0.424. The lowest BCUT2D eigenvalue weighted by molar-refractivity contribution is 0.517. The lowest BCUT2D eigenvalue weighted by atomic mass is 10.1. The average Bonchev–Trinajstić information content (AvgIpc) is 3.45. The normalized spacial score (nSPS) is 11.7. The molecule has 5 aromatic rings. The molecule has 0 saturated heterocycles. The van der Waals surface area contributed by atoms with E-state index in [0.717, 1.165) is 22.5 Å². The van der Waals surface area contributed by atoms with Crippen molar-refractivity contribution in [3.05, 3.63) is 67.1 Å². The zero-order valence-corrected chi connectivity index (χ0v) is 15.7. The van der Waals surface area contributed by atoms with E-state index in [-0.39, 0.29) is 0 Å². The Morgan fingerprint density at radius 1 is 1.18 bits per heavy atom. The van der Waals surface area contributed by atoms with Crippen molar-refractivity contribution < 1.29 is 4.42 Å². The SMILES string of the molecule is CC(C)n1ccc2cc(-c3cnc(NCc4ccco4)n4cnnc34)ccc21. The number of hydrogen-bond donors (Lipinski definition) is 1. The van der Waals surface area contributed by atoms with Crippen molar-refractivity contribution in [1.82, 2.24) is 24.1 Å². The van der Waals surface area contributed by atoms with E-state index in [0.29, 0.717) is 18.5 Å². The zero-order chi connectivity index (χ0) is 19.1. The third kappa shape index (κ3) is 2.72. The van der Waals surface area contributed by atoms with Gasteiger partial charge in [0.25, 0.3) is 0 Å². The Morgan fingerprint density at radius 2 is 2.11 bits per heavy atom. The maximum Gasteiger partial charge on any atom is 0.210 e. The molecule has 0 amide bonds. The second-order valence-electron chi connectivity index (χ2n) is 7.04. The maximum atomic E-state index is 5.37. The minimum Gasteiger partial charge on any atom is -0.467 e. The van der Waals surface area contributed by atoms with Crippen LogP contribution in [-0.2, 0) is 6.54 Å². The highest BCUT2D eigenvalue weighted by Crippen LogP contribution is 2.29.